The minimum atomic E-state index is -0.330. The zero-order chi connectivity index (χ0) is 24.1. The standard InChI is InChI=1S/C27H24ClN3O3/c1-17-26(19-10-12-20(28)13-11-19)27(30-22-7-5-4-6-21(22)29-17)31-25(32)15-9-18-8-14-23(33-2)24(16-18)34-3/h4-16,26H,1-3H3,(H,30,31,32)/b15-9+. The van der Waals surface area contributed by atoms with Crippen molar-refractivity contribution in [1.29, 1.82) is 0 Å². The summed E-state index contributed by atoms with van der Waals surface area (Å²) in [6, 6.07) is 20.5. The summed E-state index contributed by atoms with van der Waals surface area (Å²) in [4.78, 5) is 22.5. The lowest BCUT2D eigenvalue weighted by atomic mass is 9.93. The molecular formula is C27H24ClN3O3. The number of para-hydroxylation sites is 2. The number of benzene rings is 3. The van der Waals surface area contributed by atoms with E-state index >= 15 is 0 Å². The number of ether oxygens (including phenoxy) is 2. The molecule has 0 bridgehead atoms. The molecule has 1 N–H and O–H groups in total. The first-order chi connectivity index (χ1) is 16.5. The SMILES string of the molecule is COc1ccc(/C=C/C(=O)NC2=Nc3ccccc3N=C(C)C2c2ccc(Cl)cc2)cc1OC. The van der Waals surface area contributed by atoms with Gasteiger partial charge in [0.25, 0.3) is 0 Å². The molecule has 7 heteroatoms. The van der Waals surface area contributed by atoms with Crippen molar-refractivity contribution in [1.82, 2.24) is 5.32 Å². The molecule has 0 radical (unpaired) electrons. The Hall–Kier alpha value is -3.90. The van der Waals surface area contributed by atoms with Crippen LogP contribution < -0.4 is 14.8 Å². The summed E-state index contributed by atoms with van der Waals surface area (Å²) in [6.45, 7) is 1.93. The first-order valence-corrected chi connectivity index (χ1v) is 11.1. The van der Waals surface area contributed by atoms with E-state index < -0.39 is 0 Å². The highest BCUT2D eigenvalue weighted by atomic mass is 35.5. The molecule has 0 aliphatic carbocycles. The van der Waals surface area contributed by atoms with Gasteiger partial charge in [-0.1, -0.05) is 41.9 Å². The van der Waals surface area contributed by atoms with Gasteiger partial charge in [-0.2, -0.15) is 0 Å². The average Bonchev–Trinajstić information content (AvgIpc) is 2.98. The van der Waals surface area contributed by atoms with Crippen molar-refractivity contribution in [3.8, 4) is 11.5 Å². The van der Waals surface area contributed by atoms with Gasteiger partial charge in [-0.25, -0.2) is 4.99 Å². The number of carbonyl (C=O) groups is 1. The fraction of sp³-hybridized carbons (Fsp3) is 0.148. The topological polar surface area (TPSA) is 72.3 Å². The minimum Gasteiger partial charge on any atom is -0.493 e. The predicted octanol–water partition coefficient (Wildman–Crippen LogP) is 6.11. The van der Waals surface area contributed by atoms with Crippen molar-refractivity contribution >= 4 is 46.5 Å². The normalized spacial score (nSPS) is 15.1. The number of carbonyl (C=O) groups excluding carboxylic acids is 1. The Labute approximate surface area is 203 Å². The molecule has 4 rings (SSSR count). The summed E-state index contributed by atoms with van der Waals surface area (Å²) in [6.07, 6.45) is 3.17. The number of fused-ring (bicyclic) bond motifs is 1. The summed E-state index contributed by atoms with van der Waals surface area (Å²) in [5, 5.41) is 3.60. The average molecular weight is 474 g/mol. The van der Waals surface area contributed by atoms with E-state index in [1.165, 1.54) is 6.08 Å². The maximum Gasteiger partial charge on any atom is 0.249 e. The molecule has 3 aromatic carbocycles. The summed E-state index contributed by atoms with van der Waals surface area (Å²) < 4.78 is 10.6. The van der Waals surface area contributed by atoms with Gasteiger partial charge in [-0.15, -0.1) is 0 Å². The molecule has 172 valence electrons. The van der Waals surface area contributed by atoms with Crippen LogP contribution in [0.25, 0.3) is 6.08 Å². The van der Waals surface area contributed by atoms with Crippen LogP contribution in [0.15, 0.2) is 82.8 Å². The fourth-order valence-electron chi connectivity index (χ4n) is 3.75. The Bertz CT molecular complexity index is 1300. The molecule has 0 fully saturated rings. The molecule has 0 saturated heterocycles. The van der Waals surface area contributed by atoms with Crippen LogP contribution in [-0.2, 0) is 4.79 Å². The van der Waals surface area contributed by atoms with Crippen molar-refractivity contribution in [2.45, 2.75) is 12.8 Å². The number of hydrogen-bond donors (Lipinski definition) is 1. The third kappa shape index (κ3) is 5.18. The van der Waals surface area contributed by atoms with E-state index in [1.807, 2.05) is 61.5 Å². The van der Waals surface area contributed by atoms with Crippen molar-refractivity contribution in [3.63, 3.8) is 0 Å². The second-order valence-corrected chi connectivity index (χ2v) is 8.10. The minimum absolute atomic E-state index is 0.306. The van der Waals surface area contributed by atoms with Crippen molar-refractivity contribution < 1.29 is 14.3 Å². The monoisotopic (exact) mass is 473 g/mol. The number of halogens is 1. The zero-order valence-corrected chi connectivity index (χ0v) is 19.8. The first kappa shape index (κ1) is 23.3. The summed E-state index contributed by atoms with van der Waals surface area (Å²) in [7, 11) is 3.15. The van der Waals surface area contributed by atoms with E-state index in [-0.39, 0.29) is 11.8 Å². The molecule has 1 amide bonds. The number of rotatable bonds is 5. The van der Waals surface area contributed by atoms with Crippen LogP contribution in [0.5, 0.6) is 11.5 Å². The molecule has 0 aromatic heterocycles. The number of amidine groups is 1. The Morgan fingerprint density at radius 1 is 0.941 bits per heavy atom. The molecule has 1 aliphatic rings. The van der Waals surface area contributed by atoms with Gasteiger partial charge in [0.05, 0.1) is 31.5 Å². The fourth-order valence-corrected chi connectivity index (χ4v) is 3.88. The summed E-state index contributed by atoms with van der Waals surface area (Å²) >= 11 is 6.10. The zero-order valence-electron chi connectivity index (χ0n) is 19.1. The third-order valence-electron chi connectivity index (χ3n) is 5.40. The van der Waals surface area contributed by atoms with Crippen molar-refractivity contribution in [2.75, 3.05) is 14.2 Å². The van der Waals surface area contributed by atoms with E-state index in [2.05, 4.69) is 5.32 Å². The number of nitrogens with zero attached hydrogens (tertiary/aromatic N) is 2. The quantitative estimate of drug-likeness (QED) is 0.454. The Balaban J connectivity index is 1.65. The molecule has 0 spiro atoms. The highest BCUT2D eigenvalue weighted by molar-refractivity contribution is 6.30. The Morgan fingerprint density at radius 3 is 2.29 bits per heavy atom. The van der Waals surface area contributed by atoms with Gasteiger partial charge in [0, 0.05) is 16.8 Å². The molecule has 1 unspecified atom stereocenters. The highest BCUT2D eigenvalue weighted by Crippen LogP contribution is 2.34. The van der Waals surface area contributed by atoms with Crippen LogP contribution in [0.1, 0.15) is 24.0 Å². The van der Waals surface area contributed by atoms with Crippen LogP contribution in [0, 0.1) is 0 Å². The first-order valence-electron chi connectivity index (χ1n) is 10.7. The number of aliphatic imine (C=N–C) groups is 2. The van der Waals surface area contributed by atoms with Crippen molar-refractivity contribution in [2.24, 2.45) is 9.98 Å². The second kappa shape index (κ2) is 10.4. The van der Waals surface area contributed by atoms with E-state index in [0.29, 0.717) is 28.0 Å². The van der Waals surface area contributed by atoms with Gasteiger partial charge in [0.1, 0.15) is 5.84 Å². The van der Waals surface area contributed by atoms with E-state index in [0.717, 1.165) is 22.5 Å². The lowest BCUT2D eigenvalue weighted by molar-refractivity contribution is -0.115. The summed E-state index contributed by atoms with van der Waals surface area (Å²) in [5.41, 5.74) is 3.99. The Morgan fingerprint density at radius 2 is 1.62 bits per heavy atom. The van der Waals surface area contributed by atoms with Crippen LogP contribution in [-0.4, -0.2) is 31.7 Å². The number of amides is 1. The maximum absolute atomic E-state index is 12.9. The van der Waals surface area contributed by atoms with E-state index in [4.69, 9.17) is 31.1 Å². The van der Waals surface area contributed by atoms with Gasteiger partial charge in [0.2, 0.25) is 5.91 Å². The van der Waals surface area contributed by atoms with Crippen LogP contribution in [0.4, 0.5) is 11.4 Å². The second-order valence-electron chi connectivity index (χ2n) is 7.66. The largest absolute Gasteiger partial charge is 0.493 e. The number of nitrogens with one attached hydrogen (secondary N) is 1. The predicted molar refractivity (Wildman–Crippen MR) is 137 cm³/mol. The van der Waals surface area contributed by atoms with Crippen LogP contribution in [0.3, 0.4) is 0 Å². The summed E-state index contributed by atoms with van der Waals surface area (Å²) in [5.74, 6) is 1.07. The van der Waals surface area contributed by atoms with E-state index in [1.54, 1.807) is 32.4 Å². The molecule has 34 heavy (non-hydrogen) atoms. The van der Waals surface area contributed by atoms with Gasteiger partial charge < -0.3 is 14.8 Å². The number of methoxy groups -OCH3 is 2. The number of hydrogen-bond acceptors (Lipinski definition) is 5. The highest BCUT2D eigenvalue weighted by Gasteiger charge is 2.26. The van der Waals surface area contributed by atoms with Gasteiger partial charge >= 0.3 is 0 Å². The van der Waals surface area contributed by atoms with Crippen molar-refractivity contribution in [3.05, 3.63) is 89.0 Å². The van der Waals surface area contributed by atoms with Crippen LogP contribution >= 0.6 is 11.6 Å². The van der Waals surface area contributed by atoms with Crippen LogP contribution in [0.2, 0.25) is 5.02 Å². The molecule has 1 heterocycles. The Kier molecular flexibility index (Phi) is 7.09. The maximum atomic E-state index is 12.9. The smallest absolute Gasteiger partial charge is 0.249 e. The third-order valence-corrected chi connectivity index (χ3v) is 5.65. The molecule has 6 nitrogen and oxygen atoms in total. The van der Waals surface area contributed by atoms with Gasteiger partial charge in [-0.3, -0.25) is 9.79 Å². The molecule has 1 atom stereocenters. The van der Waals surface area contributed by atoms with Gasteiger partial charge in [0.15, 0.2) is 11.5 Å². The molecule has 1 aliphatic heterocycles. The lowest BCUT2D eigenvalue weighted by Crippen LogP contribution is -2.36. The molecular weight excluding hydrogens is 450 g/mol. The molecule has 3 aromatic rings. The van der Waals surface area contributed by atoms with Gasteiger partial charge in [-0.05, 0) is 60.5 Å². The van der Waals surface area contributed by atoms with E-state index in [9.17, 15) is 4.79 Å². The molecule has 0 saturated carbocycles. The lowest BCUT2D eigenvalue weighted by Gasteiger charge is -2.19.